The van der Waals surface area contributed by atoms with E-state index in [0.717, 1.165) is 26.9 Å². The fourth-order valence-corrected chi connectivity index (χ4v) is 4.26. The van der Waals surface area contributed by atoms with Crippen molar-refractivity contribution < 1.29 is 13.9 Å². The highest BCUT2D eigenvalue weighted by atomic mass is 32.2. The molecule has 0 radical (unpaired) electrons. The van der Waals surface area contributed by atoms with Gasteiger partial charge in [0.2, 0.25) is 0 Å². The van der Waals surface area contributed by atoms with Crippen LogP contribution in [0, 0.1) is 0 Å². The van der Waals surface area contributed by atoms with E-state index in [4.69, 9.17) is 13.9 Å². The molecule has 5 rings (SSSR count). The smallest absolute Gasteiger partial charge is 0.200 e. The summed E-state index contributed by atoms with van der Waals surface area (Å²) in [4.78, 5) is 16.4. The first-order valence-electron chi connectivity index (χ1n) is 8.84. The van der Waals surface area contributed by atoms with E-state index in [1.165, 1.54) is 12.1 Å². The maximum atomic E-state index is 12.3. The normalized spacial score (nSPS) is 15.6. The summed E-state index contributed by atoms with van der Waals surface area (Å²) in [5.74, 6) is 2.63. The minimum Gasteiger partial charge on any atom is -0.454 e. The summed E-state index contributed by atoms with van der Waals surface area (Å²) in [5.41, 5.74) is 0.695. The lowest BCUT2D eigenvalue weighted by Crippen LogP contribution is -2.36. The second kappa shape index (κ2) is 6.79. The molecule has 2 aliphatic rings. The molecular formula is C21H17NO4S. The van der Waals surface area contributed by atoms with Crippen molar-refractivity contribution in [3.63, 3.8) is 0 Å². The number of hydrogen-bond donors (Lipinski definition) is 0. The summed E-state index contributed by atoms with van der Waals surface area (Å²) in [5, 5.41) is 0. The topological polar surface area (TPSA) is 51.9 Å². The highest BCUT2D eigenvalue weighted by molar-refractivity contribution is 7.99. The van der Waals surface area contributed by atoms with E-state index in [1.807, 2.05) is 47.4 Å². The number of anilines is 1. The van der Waals surface area contributed by atoms with E-state index in [0.29, 0.717) is 37.9 Å². The number of ether oxygens (including phenoxy) is 2. The average molecular weight is 379 g/mol. The Labute approximate surface area is 160 Å². The molecule has 136 valence electrons. The summed E-state index contributed by atoms with van der Waals surface area (Å²) < 4.78 is 17.7. The Morgan fingerprint density at radius 3 is 2.63 bits per heavy atom. The SMILES string of the molecule is O=c1cc(-c2cccc3c2Oc2ccccc2S3)oc(N2CCOCC2)c1. The number of nitrogens with zero attached hydrogens (tertiary/aromatic N) is 1. The zero-order valence-electron chi connectivity index (χ0n) is 14.5. The van der Waals surface area contributed by atoms with Crippen LogP contribution in [0.1, 0.15) is 0 Å². The molecule has 1 aromatic heterocycles. The number of fused-ring (bicyclic) bond motifs is 2. The van der Waals surface area contributed by atoms with E-state index < -0.39 is 0 Å². The number of hydrogen-bond acceptors (Lipinski definition) is 6. The van der Waals surface area contributed by atoms with Crippen LogP contribution in [0.25, 0.3) is 11.3 Å². The lowest BCUT2D eigenvalue weighted by atomic mass is 10.1. The zero-order valence-corrected chi connectivity index (χ0v) is 15.3. The van der Waals surface area contributed by atoms with Crippen LogP contribution in [-0.4, -0.2) is 26.3 Å². The van der Waals surface area contributed by atoms with Crippen molar-refractivity contribution in [3.8, 4) is 22.8 Å². The third-order valence-electron chi connectivity index (χ3n) is 4.60. The van der Waals surface area contributed by atoms with Gasteiger partial charge < -0.3 is 18.8 Å². The van der Waals surface area contributed by atoms with Gasteiger partial charge in [0.25, 0.3) is 0 Å². The molecule has 1 saturated heterocycles. The molecule has 5 nitrogen and oxygen atoms in total. The van der Waals surface area contributed by atoms with Crippen LogP contribution in [0.15, 0.2) is 73.6 Å². The Balaban J connectivity index is 1.58. The molecule has 2 aliphatic heterocycles. The van der Waals surface area contributed by atoms with Crippen molar-refractivity contribution in [2.75, 3.05) is 31.2 Å². The summed E-state index contributed by atoms with van der Waals surface area (Å²) in [6.07, 6.45) is 0. The maximum Gasteiger partial charge on any atom is 0.200 e. The molecule has 0 aliphatic carbocycles. The molecule has 2 aromatic carbocycles. The molecule has 3 aromatic rings. The molecule has 0 amide bonds. The molecule has 6 heteroatoms. The van der Waals surface area contributed by atoms with Crippen LogP contribution in [-0.2, 0) is 4.74 Å². The number of para-hydroxylation sites is 2. The molecular weight excluding hydrogens is 362 g/mol. The van der Waals surface area contributed by atoms with Gasteiger partial charge in [0, 0.05) is 25.2 Å². The van der Waals surface area contributed by atoms with E-state index in [-0.39, 0.29) is 5.43 Å². The Morgan fingerprint density at radius 2 is 1.74 bits per heavy atom. The predicted octanol–water partition coefficient (Wildman–Crippen LogP) is 4.40. The van der Waals surface area contributed by atoms with Crippen molar-refractivity contribution in [3.05, 3.63) is 64.8 Å². The second-order valence-corrected chi connectivity index (χ2v) is 7.46. The van der Waals surface area contributed by atoms with Gasteiger partial charge in [0.05, 0.1) is 28.6 Å². The molecule has 1 fully saturated rings. The van der Waals surface area contributed by atoms with Crippen molar-refractivity contribution in [2.24, 2.45) is 0 Å². The number of morpholine rings is 1. The van der Waals surface area contributed by atoms with Crippen molar-refractivity contribution in [2.45, 2.75) is 9.79 Å². The molecule has 0 bridgehead atoms. The average Bonchev–Trinajstić information content (AvgIpc) is 2.72. The van der Waals surface area contributed by atoms with E-state index in [9.17, 15) is 4.79 Å². The van der Waals surface area contributed by atoms with Gasteiger partial charge >= 0.3 is 0 Å². The molecule has 0 N–H and O–H groups in total. The van der Waals surface area contributed by atoms with Crippen LogP contribution in [0.3, 0.4) is 0 Å². The van der Waals surface area contributed by atoms with Crippen molar-refractivity contribution >= 4 is 17.6 Å². The Morgan fingerprint density at radius 1 is 0.926 bits per heavy atom. The van der Waals surface area contributed by atoms with Gasteiger partial charge in [0.1, 0.15) is 11.5 Å². The Hall–Kier alpha value is -2.70. The standard InChI is InChI=1S/C21H17NO4S/c23-14-12-17(25-20(13-14)22-8-10-24-11-9-22)15-4-3-7-19-21(15)26-16-5-1-2-6-18(16)27-19/h1-7,12-13H,8-11H2. The minimum absolute atomic E-state index is 0.0841. The second-order valence-electron chi connectivity index (χ2n) is 6.38. The van der Waals surface area contributed by atoms with Crippen LogP contribution in [0.4, 0.5) is 5.88 Å². The third-order valence-corrected chi connectivity index (χ3v) is 5.70. The van der Waals surface area contributed by atoms with Gasteiger partial charge in [-0.2, -0.15) is 0 Å². The van der Waals surface area contributed by atoms with Gasteiger partial charge in [-0.1, -0.05) is 30.0 Å². The van der Waals surface area contributed by atoms with Crippen molar-refractivity contribution in [1.29, 1.82) is 0 Å². The van der Waals surface area contributed by atoms with Crippen LogP contribution >= 0.6 is 11.8 Å². The lowest BCUT2D eigenvalue weighted by molar-refractivity contribution is 0.120. The zero-order chi connectivity index (χ0) is 18.2. The molecule has 0 saturated carbocycles. The quantitative estimate of drug-likeness (QED) is 0.515. The van der Waals surface area contributed by atoms with Gasteiger partial charge in [0.15, 0.2) is 17.1 Å². The summed E-state index contributed by atoms with van der Waals surface area (Å²) in [6, 6.07) is 16.9. The summed E-state index contributed by atoms with van der Waals surface area (Å²) >= 11 is 1.66. The number of rotatable bonds is 2. The predicted molar refractivity (Wildman–Crippen MR) is 104 cm³/mol. The first kappa shape index (κ1) is 16.5. The van der Waals surface area contributed by atoms with E-state index in [1.54, 1.807) is 11.8 Å². The van der Waals surface area contributed by atoms with Gasteiger partial charge in [-0.3, -0.25) is 4.79 Å². The van der Waals surface area contributed by atoms with Crippen LogP contribution in [0.2, 0.25) is 0 Å². The fourth-order valence-electron chi connectivity index (χ4n) is 3.28. The van der Waals surface area contributed by atoms with Crippen LogP contribution < -0.4 is 15.1 Å². The van der Waals surface area contributed by atoms with Gasteiger partial charge in [-0.25, -0.2) is 0 Å². The Bertz CT molecular complexity index is 1060. The first-order valence-corrected chi connectivity index (χ1v) is 9.65. The lowest BCUT2D eigenvalue weighted by Gasteiger charge is -2.27. The molecule has 0 spiro atoms. The summed E-state index contributed by atoms with van der Waals surface area (Å²) in [7, 11) is 0. The van der Waals surface area contributed by atoms with E-state index in [2.05, 4.69) is 0 Å². The highest BCUT2D eigenvalue weighted by Gasteiger charge is 2.23. The Kier molecular flexibility index (Phi) is 4.14. The minimum atomic E-state index is -0.0841. The molecule has 27 heavy (non-hydrogen) atoms. The van der Waals surface area contributed by atoms with Crippen LogP contribution in [0.5, 0.6) is 11.5 Å². The highest BCUT2D eigenvalue weighted by Crippen LogP contribution is 2.50. The van der Waals surface area contributed by atoms with Gasteiger partial charge in [-0.15, -0.1) is 0 Å². The van der Waals surface area contributed by atoms with Crippen molar-refractivity contribution in [1.82, 2.24) is 0 Å². The molecule has 0 atom stereocenters. The van der Waals surface area contributed by atoms with Gasteiger partial charge in [-0.05, 0) is 24.3 Å². The summed E-state index contributed by atoms with van der Waals surface area (Å²) in [6.45, 7) is 2.68. The first-order chi connectivity index (χ1) is 13.3. The number of benzene rings is 2. The van der Waals surface area contributed by atoms with E-state index >= 15 is 0 Å². The largest absolute Gasteiger partial charge is 0.454 e. The maximum absolute atomic E-state index is 12.3. The molecule has 3 heterocycles. The third kappa shape index (κ3) is 3.11. The fraction of sp³-hybridized carbons (Fsp3) is 0.190. The molecule has 0 unspecified atom stereocenters. The monoisotopic (exact) mass is 379 g/mol.